The van der Waals surface area contributed by atoms with E-state index >= 15 is 0 Å². The number of likely N-dealkylation sites (N-methyl/N-ethyl adjacent to an activating group) is 1. The van der Waals surface area contributed by atoms with Crippen LogP contribution in [0.4, 0.5) is 4.39 Å². The van der Waals surface area contributed by atoms with Gasteiger partial charge >= 0.3 is 0 Å². The summed E-state index contributed by atoms with van der Waals surface area (Å²) in [4.78, 5) is 27.8. The molecule has 0 aliphatic carbocycles. The molecular formula is C10H17ClFN3O2. The van der Waals surface area contributed by atoms with Crippen molar-refractivity contribution in [2.45, 2.75) is 18.6 Å². The smallest absolute Gasteiger partial charge is 0.274 e. The Balaban J connectivity index is 2.63. The van der Waals surface area contributed by atoms with E-state index in [2.05, 4.69) is 0 Å². The van der Waals surface area contributed by atoms with Crippen molar-refractivity contribution < 1.29 is 14.0 Å². The first kappa shape index (κ1) is 14.2. The number of nitrogens with zero attached hydrogens (tertiary/aromatic N) is 3. The zero-order chi connectivity index (χ0) is 13.2. The summed E-state index contributed by atoms with van der Waals surface area (Å²) in [6.45, 7) is 2.90. The molecule has 0 aromatic heterocycles. The van der Waals surface area contributed by atoms with Gasteiger partial charge in [0, 0.05) is 13.1 Å². The Morgan fingerprint density at radius 3 is 2.71 bits per heavy atom. The average Bonchev–Trinajstić information content (AvgIpc) is 2.52. The van der Waals surface area contributed by atoms with E-state index in [4.69, 9.17) is 11.6 Å². The van der Waals surface area contributed by atoms with E-state index in [1.165, 1.54) is 4.90 Å². The van der Waals surface area contributed by atoms with Gasteiger partial charge in [0.25, 0.3) is 11.5 Å². The normalized spacial score (nSPS) is 22.5. The summed E-state index contributed by atoms with van der Waals surface area (Å²) in [6.07, 6.45) is 0. The largest absolute Gasteiger partial charge is 0.322 e. The Morgan fingerprint density at radius 1 is 1.65 bits per heavy atom. The van der Waals surface area contributed by atoms with Crippen LogP contribution in [0.25, 0.3) is 0 Å². The Hall–Kier alpha value is -0.880. The van der Waals surface area contributed by atoms with E-state index in [0.29, 0.717) is 13.1 Å². The highest BCUT2D eigenvalue weighted by Gasteiger charge is 2.39. The minimum Gasteiger partial charge on any atom is -0.322 e. The lowest BCUT2D eigenvalue weighted by molar-refractivity contribution is -0.136. The van der Waals surface area contributed by atoms with Crippen molar-refractivity contribution in [1.29, 1.82) is 0 Å². The van der Waals surface area contributed by atoms with Gasteiger partial charge in [-0.15, -0.1) is 0 Å². The maximum absolute atomic E-state index is 12.7. The van der Waals surface area contributed by atoms with Crippen molar-refractivity contribution in [3.63, 3.8) is 0 Å². The minimum atomic E-state index is -2.08. The molecule has 0 bridgehead atoms. The molecule has 1 rings (SSSR count). The standard InChI is InChI=1S/C10H17ClFN3O2/c1-7-9(16)14(5-4-13(2)3)6-15(7)10(17)8(11)12/h7-8H,4-6H2,1-3H3. The molecule has 0 aromatic carbocycles. The van der Waals surface area contributed by atoms with E-state index < -0.39 is 17.6 Å². The molecular weight excluding hydrogens is 249 g/mol. The summed E-state index contributed by atoms with van der Waals surface area (Å²) >= 11 is 5.10. The van der Waals surface area contributed by atoms with Gasteiger partial charge in [-0.25, -0.2) is 4.39 Å². The van der Waals surface area contributed by atoms with E-state index in [1.54, 1.807) is 6.92 Å². The minimum absolute atomic E-state index is 0.111. The van der Waals surface area contributed by atoms with Gasteiger partial charge in [-0.2, -0.15) is 0 Å². The van der Waals surface area contributed by atoms with Crippen LogP contribution >= 0.6 is 11.6 Å². The highest BCUT2D eigenvalue weighted by molar-refractivity contribution is 6.29. The molecule has 2 amide bonds. The summed E-state index contributed by atoms with van der Waals surface area (Å²) in [7, 11) is 3.78. The molecule has 1 aliphatic rings. The number of hydrogen-bond donors (Lipinski definition) is 0. The zero-order valence-corrected chi connectivity index (χ0v) is 10.9. The van der Waals surface area contributed by atoms with Crippen LogP contribution in [-0.4, -0.2) is 72.0 Å². The third-order valence-corrected chi connectivity index (χ3v) is 2.93. The molecule has 7 heteroatoms. The zero-order valence-electron chi connectivity index (χ0n) is 10.2. The SMILES string of the molecule is CC1C(=O)N(CCN(C)C)CN1C(=O)C(F)Cl. The molecule has 17 heavy (non-hydrogen) atoms. The predicted octanol–water partition coefficient (Wildman–Crippen LogP) is 0.0992. The molecule has 5 nitrogen and oxygen atoms in total. The second-order valence-electron chi connectivity index (χ2n) is 4.33. The topological polar surface area (TPSA) is 43.9 Å². The number of carbonyl (C=O) groups excluding carboxylic acids is 2. The first-order valence-corrected chi connectivity index (χ1v) is 5.80. The third-order valence-electron chi connectivity index (χ3n) is 2.75. The number of alkyl halides is 2. The number of hydrogen-bond acceptors (Lipinski definition) is 3. The fourth-order valence-electron chi connectivity index (χ4n) is 1.66. The molecule has 0 spiro atoms. The lowest BCUT2D eigenvalue weighted by Crippen LogP contribution is -2.39. The molecule has 2 atom stereocenters. The van der Waals surface area contributed by atoms with Crippen molar-refractivity contribution in [3.05, 3.63) is 0 Å². The third kappa shape index (κ3) is 3.29. The van der Waals surface area contributed by atoms with Gasteiger partial charge < -0.3 is 14.7 Å². The van der Waals surface area contributed by atoms with Crippen LogP contribution in [0.2, 0.25) is 0 Å². The van der Waals surface area contributed by atoms with Crippen LogP contribution in [0, 0.1) is 0 Å². The number of carbonyl (C=O) groups is 2. The summed E-state index contributed by atoms with van der Waals surface area (Å²) in [5, 5.41) is 0. The molecule has 1 aliphatic heterocycles. The van der Waals surface area contributed by atoms with Gasteiger partial charge in [0.1, 0.15) is 6.04 Å². The maximum Gasteiger partial charge on any atom is 0.274 e. The van der Waals surface area contributed by atoms with Crippen molar-refractivity contribution >= 4 is 23.4 Å². The van der Waals surface area contributed by atoms with Crippen molar-refractivity contribution in [1.82, 2.24) is 14.7 Å². The molecule has 1 fully saturated rings. The highest BCUT2D eigenvalue weighted by Crippen LogP contribution is 2.17. The second-order valence-corrected chi connectivity index (χ2v) is 4.71. The highest BCUT2D eigenvalue weighted by atomic mass is 35.5. The van der Waals surface area contributed by atoms with E-state index in [1.807, 2.05) is 19.0 Å². The van der Waals surface area contributed by atoms with Crippen LogP contribution in [-0.2, 0) is 9.59 Å². The molecule has 0 aromatic rings. The number of rotatable bonds is 4. The fraction of sp³-hybridized carbons (Fsp3) is 0.800. The molecule has 0 radical (unpaired) electrons. The molecule has 1 heterocycles. The Bertz CT molecular complexity index is 312. The van der Waals surface area contributed by atoms with Crippen LogP contribution < -0.4 is 0 Å². The average molecular weight is 266 g/mol. The van der Waals surface area contributed by atoms with Crippen LogP contribution in [0.3, 0.4) is 0 Å². The van der Waals surface area contributed by atoms with Crippen LogP contribution in [0.15, 0.2) is 0 Å². The van der Waals surface area contributed by atoms with Gasteiger partial charge in [0.2, 0.25) is 5.91 Å². The Labute approximate surface area is 105 Å². The summed E-state index contributed by atoms with van der Waals surface area (Å²) in [5.74, 6) is -1.02. The molecule has 0 saturated carbocycles. The Morgan fingerprint density at radius 2 is 2.24 bits per heavy atom. The molecule has 98 valence electrons. The van der Waals surface area contributed by atoms with Crippen LogP contribution in [0.5, 0.6) is 0 Å². The summed E-state index contributed by atoms with van der Waals surface area (Å²) < 4.78 is 12.7. The van der Waals surface area contributed by atoms with Gasteiger partial charge in [0.15, 0.2) is 0 Å². The van der Waals surface area contributed by atoms with Crippen molar-refractivity contribution in [2.24, 2.45) is 0 Å². The lowest BCUT2D eigenvalue weighted by atomic mass is 10.3. The van der Waals surface area contributed by atoms with Gasteiger partial charge in [-0.1, -0.05) is 11.6 Å². The second kappa shape index (κ2) is 5.64. The van der Waals surface area contributed by atoms with Crippen molar-refractivity contribution in [2.75, 3.05) is 33.9 Å². The molecule has 0 N–H and O–H groups in total. The lowest BCUT2D eigenvalue weighted by Gasteiger charge is -2.20. The van der Waals surface area contributed by atoms with Crippen LogP contribution in [0.1, 0.15) is 6.92 Å². The summed E-state index contributed by atoms with van der Waals surface area (Å²) in [5.41, 5.74) is -2.08. The monoisotopic (exact) mass is 265 g/mol. The molecule has 2 unspecified atom stereocenters. The quantitative estimate of drug-likeness (QED) is 0.677. The van der Waals surface area contributed by atoms with E-state index in [9.17, 15) is 14.0 Å². The predicted molar refractivity (Wildman–Crippen MR) is 62.2 cm³/mol. The number of halogens is 2. The first-order valence-electron chi connectivity index (χ1n) is 5.36. The maximum atomic E-state index is 12.7. The summed E-state index contributed by atoms with van der Waals surface area (Å²) in [6, 6.07) is -0.637. The fourth-order valence-corrected chi connectivity index (χ4v) is 1.79. The van der Waals surface area contributed by atoms with Gasteiger partial charge in [-0.3, -0.25) is 9.59 Å². The van der Waals surface area contributed by atoms with E-state index in [0.717, 1.165) is 4.90 Å². The van der Waals surface area contributed by atoms with E-state index in [-0.39, 0.29) is 12.6 Å². The van der Waals surface area contributed by atoms with Crippen molar-refractivity contribution in [3.8, 4) is 0 Å². The van der Waals surface area contributed by atoms with Gasteiger partial charge in [-0.05, 0) is 21.0 Å². The number of amides is 2. The van der Waals surface area contributed by atoms with Gasteiger partial charge in [0.05, 0.1) is 6.67 Å². The first-order chi connectivity index (χ1) is 7.84. The Kier molecular flexibility index (Phi) is 4.70. The molecule has 1 saturated heterocycles.